The Labute approximate surface area is 212 Å². The summed E-state index contributed by atoms with van der Waals surface area (Å²) < 4.78 is 36.0. The number of nitrogen functional groups attached to an aromatic ring is 1. The molecule has 37 heavy (non-hydrogen) atoms. The Morgan fingerprint density at radius 2 is 2.00 bits per heavy atom. The highest BCUT2D eigenvalue weighted by molar-refractivity contribution is 7.52. The summed E-state index contributed by atoms with van der Waals surface area (Å²) >= 11 is 0. The highest BCUT2D eigenvalue weighted by Crippen LogP contribution is 2.46. The van der Waals surface area contributed by atoms with Crippen LogP contribution in [-0.4, -0.2) is 62.8 Å². The van der Waals surface area contributed by atoms with E-state index in [1.165, 1.54) is 25.1 Å². The summed E-state index contributed by atoms with van der Waals surface area (Å²) in [5.41, 5.74) is 2.10. The Morgan fingerprint density at radius 1 is 1.32 bits per heavy atom. The number of anilines is 1. The highest BCUT2D eigenvalue weighted by Gasteiger charge is 2.57. The van der Waals surface area contributed by atoms with Crippen molar-refractivity contribution in [2.45, 2.75) is 57.0 Å². The number of para-hydroxylation sites is 1. The first-order valence-electron chi connectivity index (χ1n) is 11.2. The fraction of sp³-hybridized carbons (Fsp3) is 0.455. The fourth-order valence-electron chi connectivity index (χ4n) is 3.46. The lowest BCUT2D eigenvalue weighted by atomic mass is 10.0. The summed E-state index contributed by atoms with van der Waals surface area (Å²) in [6.07, 6.45) is -4.47. The van der Waals surface area contributed by atoms with Gasteiger partial charge in [-0.05, 0) is 39.0 Å². The van der Waals surface area contributed by atoms with Gasteiger partial charge in [0.15, 0.2) is 0 Å². The van der Waals surface area contributed by atoms with Crippen molar-refractivity contribution < 1.29 is 38.1 Å². The van der Waals surface area contributed by atoms with Crippen LogP contribution in [0.5, 0.6) is 5.75 Å². The predicted molar refractivity (Wildman–Crippen MR) is 128 cm³/mol. The van der Waals surface area contributed by atoms with Crippen LogP contribution in [0, 0.1) is 11.3 Å². The van der Waals surface area contributed by atoms with Gasteiger partial charge in [-0.25, -0.2) is 9.36 Å². The number of aliphatic hydroxyl groups excluding tert-OH is 2. The van der Waals surface area contributed by atoms with Gasteiger partial charge in [-0.2, -0.15) is 15.3 Å². The second-order valence-corrected chi connectivity index (χ2v) is 10.1. The molecule has 200 valence electrons. The van der Waals surface area contributed by atoms with E-state index in [4.69, 9.17) is 24.3 Å². The molecule has 1 unspecified atom stereocenters. The van der Waals surface area contributed by atoms with Crippen molar-refractivity contribution in [3.8, 4) is 11.8 Å². The molecule has 14 nitrogen and oxygen atoms in total. The molecule has 0 radical (unpaired) electrons. The van der Waals surface area contributed by atoms with E-state index in [0.717, 1.165) is 6.20 Å². The lowest BCUT2D eigenvalue weighted by Gasteiger charge is -2.26. The summed E-state index contributed by atoms with van der Waals surface area (Å²) in [6.45, 7) is 4.01. The fourth-order valence-corrected chi connectivity index (χ4v) is 4.96. The van der Waals surface area contributed by atoms with Crippen LogP contribution in [-0.2, 0) is 29.1 Å². The lowest BCUT2D eigenvalue weighted by Crippen LogP contribution is -2.49. The smallest absolute Gasteiger partial charge is 0.459 e. The first-order valence-corrected chi connectivity index (χ1v) is 12.7. The van der Waals surface area contributed by atoms with E-state index in [1.54, 1.807) is 38.1 Å². The molecule has 3 rings (SSSR count). The summed E-state index contributed by atoms with van der Waals surface area (Å²) in [7, 11) is -4.34. The van der Waals surface area contributed by atoms with Crippen molar-refractivity contribution in [3.05, 3.63) is 53.1 Å². The molecule has 0 aliphatic carbocycles. The summed E-state index contributed by atoms with van der Waals surface area (Å²) in [4.78, 5) is 28.1. The van der Waals surface area contributed by atoms with Gasteiger partial charge in [-0.1, -0.05) is 18.2 Å². The first-order chi connectivity index (χ1) is 17.4. The van der Waals surface area contributed by atoms with Gasteiger partial charge in [0.1, 0.15) is 42.0 Å². The molecule has 0 bridgehead atoms. The minimum absolute atomic E-state index is 0.127. The van der Waals surface area contributed by atoms with E-state index >= 15 is 0 Å². The number of benzene rings is 1. The van der Waals surface area contributed by atoms with Gasteiger partial charge in [0, 0.05) is 6.20 Å². The Hall–Kier alpha value is -3.31. The molecule has 2 heterocycles. The maximum atomic E-state index is 13.6. The van der Waals surface area contributed by atoms with Gasteiger partial charge >= 0.3 is 19.4 Å². The Kier molecular flexibility index (Phi) is 8.70. The maximum absolute atomic E-state index is 13.6. The molecule has 1 fully saturated rings. The van der Waals surface area contributed by atoms with Crippen molar-refractivity contribution in [2.24, 2.45) is 0 Å². The number of carbonyl (C=O) groups excluding carboxylic acids is 1. The molecule has 1 saturated heterocycles. The van der Waals surface area contributed by atoms with Gasteiger partial charge in [0.25, 0.3) is 5.72 Å². The van der Waals surface area contributed by atoms with Gasteiger partial charge in [0.05, 0.1) is 12.7 Å². The van der Waals surface area contributed by atoms with E-state index in [0.29, 0.717) is 4.57 Å². The van der Waals surface area contributed by atoms with Crippen molar-refractivity contribution >= 4 is 19.5 Å². The third-order valence-corrected chi connectivity index (χ3v) is 6.86. The van der Waals surface area contributed by atoms with Crippen LogP contribution in [0.25, 0.3) is 0 Å². The number of esters is 1. The number of hydrogen-bond donors (Lipinski definition) is 4. The second kappa shape index (κ2) is 11.4. The number of nitrogens with two attached hydrogens (primary N) is 1. The number of aliphatic hydroxyl groups is 2. The quantitative estimate of drug-likeness (QED) is 0.237. The number of nitriles is 1. The molecular formula is C22H28N5O9P. The van der Waals surface area contributed by atoms with E-state index < -0.39 is 62.2 Å². The summed E-state index contributed by atoms with van der Waals surface area (Å²) in [5, 5.41) is 33.5. The molecule has 1 aliphatic rings. The lowest BCUT2D eigenvalue weighted by molar-refractivity contribution is -0.149. The molecule has 1 aromatic heterocycles. The number of nitrogens with zero attached hydrogens (tertiary/aromatic N) is 3. The van der Waals surface area contributed by atoms with Crippen LogP contribution in [0.2, 0.25) is 0 Å². The van der Waals surface area contributed by atoms with Gasteiger partial charge in [-0.15, -0.1) is 0 Å². The third-order valence-electron chi connectivity index (χ3n) is 5.21. The zero-order chi connectivity index (χ0) is 27.4. The number of rotatable bonds is 10. The molecule has 1 aromatic carbocycles. The predicted octanol–water partition coefficient (Wildman–Crippen LogP) is 0.256. The van der Waals surface area contributed by atoms with E-state index in [9.17, 15) is 29.6 Å². The van der Waals surface area contributed by atoms with Crippen molar-refractivity contribution in [3.63, 3.8) is 0 Å². The maximum Gasteiger partial charge on any atom is 0.459 e. The van der Waals surface area contributed by atoms with Gasteiger partial charge in [-0.3, -0.25) is 13.9 Å². The second-order valence-electron chi connectivity index (χ2n) is 8.44. The molecular weight excluding hydrogens is 509 g/mol. The minimum Gasteiger partial charge on any atom is -0.462 e. The van der Waals surface area contributed by atoms with Crippen molar-refractivity contribution in [2.75, 3.05) is 12.3 Å². The Morgan fingerprint density at radius 3 is 2.59 bits per heavy atom. The zero-order valence-corrected chi connectivity index (χ0v) is 21.1. The van der Waals surface area contributed by atoms with Crippen molar-refractivity contribution in [1.82, 2.24) is 14.6 Å². The summed E-state index contributed by atoms with van der Waals surface area (Å²) in [5.74, 6) is -0.708. The standard InChI is InChI=1S/C22H28N5O9P/c1-13(2)34-20(30)14(3)26-37(32,36-15-7-5-4-6-8-15)33-11-16-18(28)19(29)22(12-23,35-16)27-10-9-17(24)25-21(27)31/h4-10,13-14,16,18-19,28-29H,11H2,1-3H3,(H,26,32)(H2,24,25,31)/t14-,16+,18?,19-,22+,37-/m0/s1. The topological polar surface area (TPSA) is 208 Å². The van der Waals surface area contributed by atoms with E-state index in [2.05, 4.69) is 10.1 Å². The SMILES string of the molecule is CC(C)OC(=O)[C@H](C)N[P@](=O)(OC[C@H]1O[C@@](C#N)(n2ccc(N)nc2=O)[C@@H](O)C1O)Oc1ccccc1. The Balaban J connectivity index is 1.83. The largest absolute Gasteiger partial charge is 0.462 e. The van der Waals surface area contributed by atoms with E-state index in [-0.39, 0.29) is 11.6 Å². The highest BCUT2D eigenvalue weighted by atomic mass is 31.2. The monoisotopic (exact) mass is 537 g/mol. The minimum atomic E-state index is -4.34. The van der Waals surface area contributed by atoms with Crippen LogP contribution in [0.1, 0.15) is 20.8 Å². The first kappa shape index (κ1) is 28.3. The molecule has 1 aliphatic heterocycles. The molecule has 0 amide bonds. The number of carbonyl (C=O) groups is 1. The number of hydrogen-bond acceptors (Lipinski definition) is 12. The molecule has 0 spiro atoms. The average Bonchev–Trinajstić information content (AvgIpc) is 3.08. The normalized spacial score (nSPS) is 25.7. The number of aromatic nitrogens is 2. The zero-order valence-electron chi connectivity index (χ0n) is 20.3. The van der Waals surface area contributed by atoms with Crippen LogP contribution >= 0.6 is 7.75 Å². The average molecular weight is 537 g/mol. The van der Waals surface area contributed by atoms with Crippen LogP contribution in [0.4, 0.5) is 5.82 Å². The third kappa shape index (κ3) is 6.34. The van der Waals surface area contributed by atoms with Gasteiger partial charge < -0.3 is 29.9 Å². The summed E-state index contributed by atoms with van der Waals surface area (Å²) in [6, 6.07) is 9.70. The van der Waals surface area contributed by atoms with Crippen LogP contribution < -0.4 is 21.0 Å². The van der Waals surface area contributed by atoms with Crippen LogP contribution in [0.3, 0.4) is 0 Å². The van der Waals surface area contributed by atoms with Crippen molar-refractivity contribution in [1.29, 1.82) is 5.26 Å². The number of nitrogens with one attached hydrogen (secondary N) is 1. The number of ether oxygens (including phenoxy) is 2. The molecule has 0 saturated carbocycles. The van der Waals surface area contributed by atoms with E-state index in [1.807, 2.05) is 0 Å². The molecule has 15 heteroatoms. The molecule has 2 aromatic rings. The van der Waals surface area contributed by atoms with Crippen LogP contribution in [0.15, 0.2) is 47.4 Å². The molecule has 5 N–H and O–H groups in total. The van der Waals surface area contributed by atoms with Gasteiger partial charge in [0.2, 0.25) is 0 Å². The molecule has 6 atom stereocenters. The Bertz CT molecular complexity index is 1250.